The minimum absolute atomic E-state index is 0.210. The number of hydrogen-bond acceptors (Lipinski definition) is 9. The number of nitrogens with zero attached hydrogens (tertiary/aromatic N) is 2. The molecule has 0 saturated heterocycles. The Morgan fingerprint density at radius 1 is 0.706 bits per heavy atom. The SMILES string of the molecule is Cc1nc(I)c(-c2sc3c(sc4cc5c(cc43)sc3c(I)c(-c4oc(N)nc4I)sc35)c2I)o1. The number of anilines is 1. The van der Waals surface area contributed by atoms with E-state index in [1.807, 2.05) is 29.6 Å². The van der Waals surface area contributed by atoms with E-state index in [1.54, 1.807) is 22.7 Å². The molecule has 0 radical (unpaired) electrons. The molecule has 5 nitrogen and oxygen atoms in total. The molecule has 0 unspecified atom stereocenters. The Morgan fingerprint density at radius 2 is 1.21 bits per heavy atom. The summed E-state index contributed by atoms with van der Waals surface area (Å²) in [5.74, 6) is 2.35. The third-order valence-electron chi connectivity index (χ3n) is 5.32. The van der Waals surface area contributed by atoms with Gasteiger partial charge in [0, 0.05) is 27.1 Å². The normalized spacial score (nSPS) is 12.4. The summed E-state index contributed by atoms with van der Waals surface area (Å²) >= 11 is 16.6. The average molecular weight is 969 g/mol. The van der Waals surface area contributed by atoms with E-state index >= 15 is 0 Å². The highest BCUT2D eigenvalue weighted by Crippen LogP contribution is 2.52. The van der Waals surface area contributed by atoms with Crippen molar-refractivity contribution in [1.82, 2.24) is 9.97 Å². The highest BCUT2D eigenvalue weighted by molar-refractivity contribution is 14.1. The molecule has 0 saturated carbocycles. The van der Waals surface area contributed by atoms with E-state index in [9.17, 15) is 0 Å². The van der Waals surface area contributed by atoms with Crippen LogP contribution in [0, 0.1) is 21.5 Å². The number of oxazole rings is 2. The second kappa shape index (κ2) is 8.35. The van der Waals surface area contributed by atoms with Crippen LogP contribution in [-0.2, 0) is 0 Å². The average Bonchev–Trinajstić information content (AvgIpc) is 3.59. The molecule has 0 amide bonds. The van der Waals surface area contributed by atoms with Gasteiger partial charge in [0.1, 0.15) is 3.70 Å². The third-order valence-corrected chi connectivity index (χ3v) is 15.4. The van der Waals surface area contributed by atoms with E-state index in [0.29, 0.717) is 5.89 Å². The first-order valence-corrected chi connectivity index (χ1v) is 17.1. The van der Waals surface area contributed by atoms with E-state index < -0.39 is 0 Å². The van der Waals surface area contributed by atoms with Crippen LogP contribution in [-0.4, -0.2) is 9.97 Å². The fraction of sp³-hybridized carbons (Fsp3) is 0.0476. The predicted molar refractivity (Wildman–Crippen MR) is 179 cm³/mol. The molecule has 0 atom stereocenters. The summed E-state index contributed by atoms with van der Waals surface area (Å²) in [6.45, 7) is 1.90. The van der Waals surface area contributed by atoms with Crippen molar-refractivity contribution in [2.75, 3.05) is 5.73 Å². The van der Waals surface area contributed by atoms with Crippen molar-refractivity contribution in [2.24, 2.45) is 0 Å². The number of thiophene rings is 4. The number of fused-ring (bicyclic) bond motifs is 6. The van der Waals surface area contributed by atoms with Crippen molar-refractivity contribution in [3.05, 3.63) is 32.6 Å². The van der Waals surface area contributed by atoms with Crippen LogP contribution < -0.4 is 5.73 Å². The van der Waals surface area contributed by atoms with Gasteiger partial charge in [0.2, 0.25) is 0 Å². The molecule has 0 bridgehead atoms. The molecule has 6 heterocycles. The zero-order valence-corrected chi connectivity index (χ0v) is 28.5. The van der Waals surface area contributed by atoms with Crippen molar-refractivity contribution in [1.29, 1.82) is 0 Å². The van der Waals surface area contributed by atoms with Gasteiger partial charge in [-0.1, -0.05) is 0 Å². The van der Waals surface area contributed by atoms with E-state index in [0.717, 1.165) is 23.8 Å². The summed E-state index contributed by atoms with van der Waals surface area (Å²) in [6.07, 6.45) is 0. The molecule has 0 fully saturated rings. The van der Waals surface area contributed by atoms with Gasteiger partial charge in [0.15, 0.2) is 21.1 Å². The molecule has 13 heteroatoms. The van der Waals surface area contributed by atoms with Crippen LogP contribution in [0.2, 0.25) is 0 Å². The minimum atomic E-state index is 0.210. The molecule has 34 heavy (non-hydrogen) atoms. The van der Waals surface area contributed by atoms with Gasteiger partial charge in [-0.15, -0.1) is 45.3 Å². The monoisotopic (exact) mass is 969 g/mol. The minimum Gasteiger partial charge on any atom is -0.439 e. The summed E-state index contributed by atoms with van der Waals surface area (Å²) in [5.41, 5.74) is 5.80. The molecule has 6 aromatic heterocycles. The van der Waals surface area contributed by atoms with Crippen molar-refractivity contribution in [3.8, 4) is 21.3 Å². The standard InChI is InChI=1S/C21H7I4N3O2S4/c1-4-27-19(24)11(29-4)15-9(22)17-13(33-15)5-2-8-6(3-7(5)31-17)14-18(32-8)10(23)16(34-14)12-20(25)28-21(26)30-12/h2-3H,1H3,(H2,26,28). The zero-order valence-electron chi connectivity index (χ0n) is 16.6. The van der Waals surface area contributed by atoms with Crippen LogP contribution >= 0.6 is 136 Å². The summed E-state index contributed by atoms with van der Waals surface area (Å²) in [4.78, 5) is 11.0. The maximum atomic E-state index is 5.94. The Kier molecular flexibility index (Phi) is 5.73. The topological polar surface area (TPSA) is 78.1 Å². The van der Waals surface area contributed by atoms with Gasteiger partial charge < -0.3 is 14.6 Å². The van der Waals surface area contributed by atoms with Crippen molar-refractivity contribution >= 4 is 181 Å². The number of nitrogen functional groups attached to an aromatic ring is 1. The lowest BCUT2D eigenvalue weighted by molar-refractivity contribution is 0.535. The number of benzene rings is 1. The molecule has 0 aliphatic heterocycles. The Hall–Kier alpha value is 0.200. The van der Waals surface area contributed by atoms with Gasteiger partial charge in [0.05, 0.1) is 35.7 Å². The Morgan fingerprint density at radius 3 is 1.65 bits per heavy atom. The fourth-order valence-electron chi connectivity index (χ4n) is 3.92. The number of rotatable bonds is 2. The van der Waals surface area contributed by atoms with Gasteiger partial charge >= 0.3 is 0 Å². The predicted octanol–water partition coefficient (Wildman–Crippen LogP) is 10.2. The molecule has 1 aromatic carbocycles. The van der Waals surface area contributed by atoms with Crippen molar-refractivity contribution < 1.29 is 8.83 Å². The largest absolute Gasteiger partial charge is 0.439 e. The van der Waals surface area contributed by atoms with Crippen LogP contribution in [0.3, 0.4) is 0 Å². The highest BCUT2D eigenvalue weighted by atomic mass is 127. The second-order valence-electron chi connectivity index (χ2n) is 7.38. The van der Waals surface area contributed by atoms with Crippen molar-refractivity contribution in [2.45, 2.75) is 6.92 Å². The highest BCUT2D eigenvalue weighted by Gasteiger charge is 2.25. The molecule has 7 aromatic rings. The van der Waals surface area contributed by atoms with Gasteiger partial charge in [-0.05, 0) is 102 Å². The molecular weight excluding hydrogens is 962 g/mol. The van der Waals surface area contributed by atoms with Gasteiger partial charge in [-0.25, -0.2) is 4.98 Å². The number of aryl methyl sites for hydroxylation is 1. The molecule has 170 valence electrons. The lowest BCUT2D eigenvalue weighted by Crippen LogP contribution is -1.81. The molecule has 7 rings (SSSR count). The molecule has 0 spiro atoms. The Labute approximate surface area is 262 Å². The van der Waals surface area contributed by atoms with E-state index in [2.05, 4.69) is 112 Å². The lowest BCUT2D eigenvalue weighted by atomic mass is 10.2. The quantitative estimate of drug-likeness (QED) is 0.175. The Bertz CT molecular complexity index is 1810. The lowest BCUT2D eigenvalue weighted by Gasteiger charge is -1.96. The van der Waals surface area contributed by atoms with E-state index in [1.165, 1.54) is 51.0 Å². The first-order valence-electron chi connectivity index (χ1n) is 9.54. The third kappa shape index (κ3) is 3.39. The number of nitrogens with two attached hydrogens (primary N) is 1. The zero-order chi connectivity index (χ0) is 23.5. The van der Waals surface area contributed by atoms with E-state index in [4.69, 9.17) is 14.6 Å². The van der Waals surface area contributed by atoms with Gasteiger partial charge in [-0.3, -0.25) is 0 Å². The van der Waals surface area contributed by atoms with E-state index in [-0.39, 0.29) is 6.01 Å². The first-order chi connectivity index (χ1) is 16.3. The maximum Gasteiger partial charge on any atom is 0.293 e. The van der Waals surface area contributed by atoms with Crippen LogP contribution in [0.4, 0.5) is 6.01 Å². The summed E-state index contributed by atoms with van der Waals surface area (Å²) in [5, 5.41) is 2.61. The molecule has 0 aliphatic rings. The Balaban J connectivity index is 1.46. The molecular formula is C21H7I4N3O2S4. The number of hydrogen-bond donors (Lipinski definition) is 1. The maximum absolute atomic E-state index is 5.94. The molecule has 0 aliphatic carbocycles. The van der Waals surface area contributed by atoms with Crippen LogP contribution in [0.5, 0.6) is 0 Å². The summed E-state index contributed by atoms with van der Waals surface area (Å²) in [7, 11) is 0. The summed E-state index contributed by atoms with van der Waals surface area (Å²) < 4.78 is 23.7. The summed E-state index contributed by atoms with van der Waals surface area (Å²) in [6, 6.07) is 4.93. The van der Waals surface area contributed by atoms with Crippen LogP contribution in [0.15, 0.2) is 21.0 Å². The van der Waals surface area contributed by atoms with Crippen LogP contribution in [0.25, 0.3) is 60.2 Å². The second-order valence-corrected chi connectivity index (χ2v) is 15.7. The number of aromatic nitrogens is 2. The van der Waals surface area contributed by atoms with Gasteiger partial charge in [0.25, 0.3) is 6.01 Å². The van der Waals surface area contributed by atoms with Crippen molar-refractivity contribution in [3.63, 3.8) is 0 Å². The smallest absolute Gasteiger partial charge is 0.293 e. The van der Waals surface area contributed by atoms with Gasteiger partial charge in [-0.2, -0.15) is 4.98 Å². The first kappa shape index (κ1) is 23.3. The fourth-order valence-corrected chi connectivity index (χ4v) is 13.4. The molecule has 2 N–H and O–H groups in total. The van der Waals surface area contributed by atoms with Crippen LogP contribution in [0.1, 0.15) is 5.89 Å². The number of halogens is 4.